The maximum atomic E-state index is 13.5. The number of nitriles is 1. The minimum atomic E-state index is -4.51. The van der Waals surface area contributed by atoms with Gasteiger partial charge in [0.1, 0.15) is 0 Å². The van der Waals surface area contributed by atoms with Crippen molar-refractivity contribution in [1.29, 1.82) is 5.26 Å². The zero-order chi connectivity index (χ0) is 21.3. The number of benzene rings is 2. The van der Waals surface area contributed by atoms with Crippen molar-refractivity contribution >= 4 is 11.8 Å². The molecule has 7 heteroatoms. The second-order valence-corrected chi connectivity index (χ2v) is 8.90. The van der Waals surface area contributed by atoms with Crippen LogP contribution in [0, 0.1) is 11.3 Å². The van der Waals surface area contributed by atoms with Gasteiger partial charge in [-0.25, -0.2) is 0 Å². The Morgan fingerprint density at radius 3 is 2.17 bits per heavy atom. The number of aliphatic hydroxyl groups is 1. The van der Waals surface area contributed by atoms with Crippen molar-refractivity contribution in [3.05, 3.63) is 59.2 Å². The van der Waals surface area contributed by atoms with E-state index >= 15 is 0 Å². The summed E-state index contributed by atoms with van der Waals surface area (Å²) < 4.78 is 45.6. The van der Waals surface area contributed by atoms with Crippen LogP contribution in [-0.4, -0.2) is 18.3 Å². The quantitative estimate of drug-likeness (QED) is 0.693. The molecule has 1 heterocycles. The van der Waals surface area contributed by atoms with Crippen LogP contribution in [0.1, 0.15) is 43.4 Å². The van der Waals surface area contributed by atoms with Gasteiger partial charge in [0.05, 0.1) is 22.6 Å². The predicted molar refractivity (Wildman–Crippen MR) is 105 cm³/mol. The van der Waals surface area contributed by atoms with E-state index in [-0.39, 0.29) is 18.4 Å². The number of hydrogen-bond donors (Lipinski definition) is 1. The lowest BCUT2D eigenvalue weighted by atomic mass is 9.85. The van der Waals surface area contributed by atoms with Crippen molar-refractivity contribution in [2.24, 2.45) is 0 Å². The first-order chi connectivity index (χ1) is 13.5. The number of alkyl halides is 3. The van der Waals surface area contributed by atoms with Crippen LogP contribution < -0.4 is 0 Å². The minimum absolute atomic E-state index is 0.260. The van der Waals surface area contributed by atoms with Gasteiger partial charge < -0.3 is 9.84 Å². The van der Waals surface area contributed by atoms with Crippen molar-refractivity contribution in [3.8, 4) is 6.07 Å². The monoisotopic (exact) mass is 421 g/mol. The van der Waals surface area contributed by atoms with Crippen LogP contribution in [0.3, 0.4) is 0 Å². The first kappa shape index (κ1) is 21.7. The molecule has 0 radical (unpaired) electrons. The van der Waals surface area contributed by atoms with Gasteiger partial charge in [-0.2, -0.15) is 18.4 Å². The van der Waals surface area contributed by atoms with Crippen LogP contribution in [0.4, 0.5) is 13.2 Å². The Balaban J connectivity index is 1.94. The molecule has 1 aliphatic rings. The van der Waals surface area contributed by atoms with Gasteiger partial charge in [0.2, 0.25) is 0 Å². The third-order valence-corrected chi connectivity index (χ3v) is 6.16. The van der Waals surface area contributed by atoms with E-state index in [0.29, 0.717) is 18.1 Å². The molecule has 0 aliphatic carbocycles. The topological polar surface area (TPSA) is 53.2 Å². The Hall–Kier alpha value is -2.01. The molecule has 1 aliphatic heterocycles. The molecule has 3 nitrogen and oxygen atoms in total. The van der Waals surface area contributed by atoms with E-state index in [1.54, 1.807) is 18.2 Å². The van der Waals surface area contributed by atoms with E-state index in [9.17, 15) is 23.5 Å². The maximum Gasteiger partial charge on any atom is 0.416 e. The van der Waals surface area contributed by atoms with E-state index in [1.165, 1.54) is 11.8 Å². The van der Waals surface area contributed by atoms with Gasteiger partial charge in [-0.1, -0.05) is 23.9 Å². The SMILES string of the molecule is CC(C)(C#N)c1ccc(Sc2cc(C(F)(F)F)cc(C3(O)CCOCC3)c2)cc1. The Bertz CT molecular complexity index is 911. The average molecular weight is 421 g/mol. The van der Waals surface area contributed by atoms with Crippen LogP contribution >= 0.6 is 11.8 Å². The van der Waals surface area contributed by atoms with Crippen LogP contribution in [0.15, 0.2) is 52.3 Å². The number of nitrogens with zero attached hydrogens (tertiary/aromatic N) is 1. The molecular formula is C22H22F3NO2S. The van der Waals surface area contributed by atoms with Gasteiger partial charge in [-0.05, 0) is 55.3 Å². The second-order valence-electron chi connectivity index (χ2n) is 7.75. The van der Waals surface area contributed by atoms with Crippen LogP contribution in [-0.2, 0) is 21.9 Å². The molecule has 0 amide bonds. The Morgan fingerprint density at radius 1 is 1.00 bits per heavy atom. The fraction of sp³-hybridized carbons (Fsp3) is 0.409. The van der Waals surface area contributed by atoms with Gasteiger partial charge in [0.15, 0.2) is 0 Å². The van der Waals surface area contributed by atoms with E-state index < -0.39 is 22.8 Å². The molecule has 0 saturated carbocycles. The fourth-order valence-corrected chi connectivity index (χ4v) is 4.14. The molecule has 0 atom stereocenters. The summed E-state index contributed by atoms with van der Waals surface area (Å²) in [6, 6.07) is 13.2. The molecule has 0 bridgehead atoms. The first-order valence-electron chi connectivity index (χ1n) is 9.26. The molecule has 3 rings (SSSR count). The summed E-state index contributed by atoms with van der Waals surface area (Å²) in [5, 5.41) is 20.1. The Kier molecular flexibility index (Phi) is 6.00. The molecule has 2 aromatic rings. The Morgan fingerprint density at radius 2 is 1.62 bits per heavy atom. The molecular weight excluding hydrogens is 399 g/mol. The van der Waals surface area contributed by atoms with E-state index in [1.807, 2.05) is 26.0 Å². The third kappa shape index (κ3) is 4.95. The van der Waals surface area contributed by atoms with Gasteiger partial charge in [0.25, 0.3) is 0 Å². The van der Waals surface area contributed by atoms with Gasteiger partial charge in [-0.15, -0.1) is 0 Å². The standard InChI is InChI=1S/C22H22F3NO2S/c1-20(2,14-26)15-3-5-18(6-4-15)29-19-12-16(11-17(13-19)22(23,24)25)21(27)7-9-28-10-8-21/h3-6,11-13,27H,7-10H2,1-2H3. The van der Waals surface area contributed by atoms with Gasteiger partial charge >= 0.3 is 6.18 Å². The summed E-state index contributed by atoms with van der Waals surface area (Å²) in [7, 11) is 0. The third-order valence-electron chi connectivity index (χ3n) is 5.18. The molecule has 1 fully saturated rings. The van der Waals surface area contributed by atoms with E-state index in [4.69, 9.17) is 4.74 Å². The zero-order valence-corrected chi connectivity index (χ0v) is 17.0. The highest BCUT2D eigenvalue weighted by Gasteiger charge is 2.36. The summed E-state index contributed by atoms with van der Waals surface area (Å²) >= 11 is 1.20. The molecule has 29 heavy (non-hydrogen) atoms. The Labute approximate surface area is 172 Å². The first-order valence-corrected chi connectivity index (χ1v) is 10.1. The summed E-state index contributed by atoms with van der Waals surface area (Å²) in [5.74, 6) is 0. The molecule has 0 aromatic heterocycles. The lowest BCUT2D eigenvalue weighted by molar-refractivity contribution is -0.138. The second kappa shape index (κ2) is 8.02. The molecule has 154 valence electrons. The highest BCUT2D eigenvalue weighted by molar-refractivity contribution is 7.99. The van der Waals surface area contributed by atoms with Crippen molar-refractivity contribution in [2.45, 2.75) is 53.7 Å². The number of ether oxygens (including phenoxy) is 1. The van der Waals surface area contributed by atoms with Crippen LogP contribution in [0.25, 0.3) is 0 Å². The molecule has 0 spiro atoms. The van der Waals surface area contributed by atoms with Crippen molar-refractivity contribution in [2.75, 3.05) is 13.2 Å². The molecule has 1 N–H and O–H groups in total. The fourth-order valence-electron chi connectivity index (χ4n) is 3.23. The summed E-state index contributed by atoms with van der Waals surface area (Å²) in [6.07, 6.45) is -3.99. The number of halogens is 3. The summed E-state index contributed by atoms with van der Waals surface area (Å²) in [6.45, 7) is 4.24. The van der Waals surface area contributed by atoms with Crippen molar-refractivity contribution in [1.82, 2.24) is 0 Å². The number of rotatable bonds is 4. The highest BCUT2D eigenvalue weighted by Crippen LogP contribution is 2.40. The van der Waals surface area contributed by atoms with Crippen molar-refractivity contribution < 1.29 is 23.0 Å². The smallest absolute Gasteiger partial charge is 0.385 e. The predicted octanol–water partition coefficient (Wildman–Crippen LogP) is 5.66. The summed E-state index contributed by atoms with van der Waals surface area (Å²) in [5.41, 5.74) is -1.64. The normalized spacial score (nSPS) is 17.0. The lowest BCUT2D eigenvalue weighted by Crippen LogP contribution is -2.33. The van der Waals surface area contributed by atoms with Crippen LogP contribution in [0.2, 0.25) is 0 Å². The number of hydrogen-bond acceptors (Lipinski definition) is 4. The summed E-state index contributed by atoms with van der Waals surface area (Å²) in [4.78, 5) is 1.16. The molecule has 1 saturated heterocycles. The average Bonchev–Trinajstić information content (AvgIpc) is 2.68. The van der Waals surface area contributed by atoms with E-state index in [2.05, 4.69) is 6.07 Å². The molecule has 2 aromatic carbocycles. The van der Waals surface area contributed by atoms with Gasteiger partial charge in [0, 0.05) is 35.8 Å². The maximum absolute atomic E-state index is 13.5. The highest BCUT2D eigenvalue weighted by atomic mass is 32.2. The zero-order valence-electron chi connectivity index (χ0n) is 16.2. The largest absolute Gasteiger partial charge is 0.416 e. The lowest BCUT2D eigenvalue weighted by Gasteiger charge is -2.33. The van der Waals surface area contributed by atoms with Gasteiger partial charge in [-0.3, -0.25) is 0 Å². The van der Waals surface area contributed by atoms with E-state index in [0.717, 1.165) is 22.6 Å². The van der Waals surface area contributed by atoms with Crippen LogP contribution in [0.5, 0.6) is 0 Å². The molecule has 0 unspecified atom stereocenters. The minimum Gasteiger partial charge on any atom is -0.385 e. The van der Waals surface area contributed by atoms with Crippen molar-refractivity contribution in [3.63, 3.8) is 0 Å².